The van der Waals surface area contributed by atoms with Crippen molar-refractivity contribution in [2.45, 2.75) is 58.0 Å². The summed E-state index contributed by atoms with van der Waals surface area (Å²) in [6, 6.07) is 17.5. The zero-order chi connectivity index (χ0) is 30.0. The van der Waals surface area contributed by atoms with Crippen molar-refractivity contribution < 1.29 is 27.1 Å². The Balaban J connectivity index is 2.05. The molecule has 3 aromatic carbocycles. The van der Waals surface area contributed by atoms with Crippen LogP contribution in [0.3, 0.4) is 0 Å². The number of aryl methyl sites for hydroxylation is 1. The molecule has 2 amide bonds. The summed E-state index contributed by atoms with van der Waals surface area (Å²) in [4.78, 5) is 28.6. The lowest BCUT2D eigenvalue weighted by Crippen LogP contribution is -2.52. The van der Waals surface area contributed by atoms with Crippen molar-refractivity contribution >= 4 is 27.5 Å². The zero-order valence-corrected chi connectivity index (χ0v) is 24.8. The molecule has 0 fully saturated rings. The van der Waals surface area contributed by atoms with Gasteiger partial charge in [-0.25, -0.2) is 12.8 Å². The largest absolute Gasteiger partial charge is 0.494 e. The minimum Gasteiger partial charge on any atom is -0.494 e. The second kappa shape index (κ2) is 14.6. The van der Waals surface area contributed by atoms with Gasteiger partial charge in [-0.1, -0.05) is 38.1 Å². The highest BCUT2D eigenvalue weighted by atomic mass is 32.2. The number of benzene rings is 3. The van der Waals surface area contributed by atoms with E-state index in [4.69, 9.17) is 4.74 Å². The maximum atomic E-state index is 14.1. The van der Waals surface area contributed by atoms with Gasteiger partial charge in [0.15, 0.2) is 0 Å². The monoisotopic (exact) mass is 583 g/mol. The maximum Gasteiger partial charge on any atom is 0.264 e. The third-order valence-electron chi connectivity index (χ3n) is 6.65. The number of nitrogens with zero attached hydrogens (tertiary/aromatic N) is 2. The molecule has 0 radical (unpaired) electrons. The summed E-state index contributed by atoms with van der Waals surface area (Å²) in [5.74, 6) is -0.910. The molecule has 1 N–H and O–H groups in total. The number of hydrogen-bond donors (Lipinski definition) is 1. The molecular formula is C31H38FN3O5S. The number of nitrogens with one attached hydrogen (secondary N) is 1. The first-order valence-corrected chi connectivity index (χ1v) is 15.2. The highest BCUT2D eigenvalue weighted by Crippen LogP contribution is 2.26. The first kappa shape index (κ1) is 31.6. The minimum atomic E-state index is -4.27. The molecule has 0 aliphatic rings. The number of carbonyl (C=O) groups excluding carboxylic acids is 2. The van der Waals surface area contributed by atoms with Gasteiger partial charge in [-0.2, -0.15) is 0 Å². The number of ether oxygens (including phenoxy) is 1. The molecule has 0 saturated carbocycles. The number of sulfonamides is 1. The van der Waals surface area contributed by atoms with Gasteiger partial charge in [0.05, 0.1) is 17.2 Å². The van der Waals surface area contributed by atoms with Gasteiger partial charge in [0.25, 0.3) is 10.0 Å². The molecule has 1 unspecified atom stereocenters. The van der Waals surface area contributed by atoms with Gasteiger partial charge in [-0.3, -0.25) is 13.9 Å². The topological polar surface area (TPSA) is 96.0 Å². The summed E-state index contributed by atoms with van der Waals surface area (Å²) in [5, 5.41) is 2.86. The quantitative estimate of drug-likeness (QED) is 0.286. The Hall–Kier alpha value is -3.92. The SMILES string of the molecule is CCCNC(=O)C(CC)N(Cc1ccccc1C)C(=O)CN(c1ccc(F)cc1)S(=O)(=O)c1ccc(OCC)cc1. The Morgan fingerprint density at radius 3 is 2.20 bits per heavy atom. The van der Waals surface area contributed by atoms with E-state index >= 15 is 0 Å². The summed E-state index contributed by atoms with van der Waals surface area (Å²) in [6.07, 6.45) is 1.06. The number of hydrogen-bond acceptors (Lipinski definition) is 5. The third-order valence-corrected chi connectivity index (χ3v) is 8.44. The molecule has 3 aromatic rings. The van der Waals surface area contributed by atoms with E-state index in [-0.39, 0.29) is 23.0 Å². The van der Waals surface area contributed by atoms with E-state index in [1.165, 1.54) is 41.3 Å². The van der Waals surface area contributed by atoms with Crippen LogP contribution < -0.4 is 14.4 Å². The number of amides is 2. The molecule has 1 atom stereocenters. The van der Waals surface area contributed by atoms with Crippen LogP contribution in [0.1, 0.15) is 44.7 Å². The van der Waals surface area contributed by atoms with Gasteiger partial charge >= 0.3 is 0 Å². The van der Waals surface area contributed by atoms with Gasteiger partial charge in [-0.15, -0.1) is 0 Å². The van der Waals surface area contributed by atoms with E-state index in [0.29, 0.717) is 25.3 Å². The predicted octanol–water partition coefficient (Wildman–Crippen LogP) is 5.06. The summed E-state index contributed by atoms with van der Waals surface area (Å²) < 4.78 is 48.0. The summed E-state index contributed by atoms with van der Waals surface area (Å²) >= 11 is 0. The van der Waals surface area contributed by atoms with Crippen molar-refractivity contribution in [1.82, 2.24) is 10.2 Å². The van der Waals surface area contributed by atoms with E-state index in [2.05, 4.69) is 5.32 Å². The molecule has 0 saturated heterocycles. The lowest BCUT2D eigenvalue weighted by molar-refractivity contribution is -0.140. The van der Waals surface area contributed by atoms with Crippen molar-refractivity contribution in [1.29, 1.82) is 0 Å². The van der Waals surface area contributed by atoms with E-state index in [9.17, 15) is 22.4 Å². The normalized spacial score (nSPS) is 11.9. The van der Waals surface area contributed by atoms with Crippen molar-refractivity contribution in [3.8, 4) is 5.75 Å². The van der Waals surface area contributed by atoms with E-state index in [1.54, 1.807) is 0 Å². The molecule has 0 aromatic heterocycles. The second-order valence-electron chi connectivity index (χ2n) is 9.56. The summed E-state index contributed by atoms with van der Waals surface area (Å²) in [7, 11) is -4.27. The van der Waals surface area contributed by atoms with E-state index in [1.807, 2.05) is 52.0 Å². The standard InChI is InChI=1S/C31H38FN3O5S/c1-5-20-33-31(37)29(6-2)34(21-24-11-9-8-10-23(24)4)30(36)22-35(26-14-12-25(32)13-15-26)41(38,39)28-18-16-27(17-19-28)40-7-3/h8-19,29H,5-7,20-22H2,1-4H3,(H,33,37). The zero-order valence-electron chi connectivity index (χ0n) is 24.0. The molecule has 3 rings (SSSR count). The molecule has 8 nitrogen and oxygen atoms in total. The second-order valence-corrected chi connectivity index (χ2v) is 11.4. The van der Waals surface area contributed by atoms with Crippen molar-refractivity contribution in [3.63, 3.8) is 0 Å². The van der Waals surface area contributed by atoms with E-state index in [0.717, 1.165) is 34.0 Å². The van der Waals surface area contributed by atoms with E-state index < -0.39 is 34.3 Å². The molecule has 0 aliphatic heterocycles. The van der Waals surface area contributed by atoms with Crippen LogP contribution in [0.25, 0.3) is 0 Å². The highest BCUT2D eigenvalue weighted by Gasteiger charge is 2.33. The van der Waals surface area contributed by atoms with Gasteiger partial charge in [0.1, 0.15) is 24.2 Å². The molecule has 0 aliphatic carbocycles. The first-order chi connectivity index (χ1) is 19.6. The average Bonchev–Trinajstić information content (AvgIpc) is 2.96. The molecule has 0 spiro atoms. The fourth-order valence-corrected chi connectivity index (χ4v) is 5.81. The van der Waals surface area contributed by atoms with Crippen molar-refractivity contribution in [2.75, 3.05) is 24.0 Å². The number of carbonyl (C=O) groups is 2. The van der Waals surface area contributed by atoms with Gasteiger partial charge in [0, 0.05) is 13.1 Å². The lowest BCUT2D eigenvalue weighted by Gasteiger charge is -2.33. The van der Waals surface area contributed by atoms with Crippen LogP contribution in [0.2, 0.25) is 0 Å². The fourth-order valence-electron chi connectivity index (χ4n) is 4.39. The molecule has 220 valence electrons. The minimum absolute atomic E-state index is 0.0590. The molecule has 10 heteroatoms. The maximum absolute atomic E-state index is 14.1. The summed E-state index contributed by atoms with van der Waals surface area (Å²) in [5.41, 5.74) is 1.89. The van der Waals surface area contributed by atoms with Crippen LogP contribution in [0, 0.1) is 12.7 Å². The van der Waals surface area contributed by atoms with Gasteiger partial charge in [0.2, 0.25) is 11.8 Å². The van der Waals surface area contributed by atoms with Gasteiger partial charge < -0.3 is 15.0 Å². The Morgan fingerprint density at radius 2 is 1.61 bits per heavy atom. The van der Waals surface area contributed by atoms with Gasteiger partial charge in [-0.05, 0) is 86.3 Å². The lowest BCUT2D eigenvalue weighted by atomic mass is 10.1. The number of halogens is 1. The fraction of sp³-hybridized carbons (Fsp3) is 0.355. The smallest absolute Gasteiger partial charge is 0.264 e. The Morgan fingerprint density at radius 1 is 0.951 bits per heavy atom. The average molecular weight is 584 g/mol. The van der Waals surface area contributed by atoms with Crippen LogP contribution in [-0.2, 0) is 26.2 Å². The van der Waals surface area contributed by atoms with Crippen LogP contribution in [0.15, 0.2) is 77.7 Å². The van der Waals surface area contributed by atoms with Crippen LogP contribution >= 0.6 is 0 Å². The molecule has 0 heterocycles. The molecular weight excluding hydrogens is 545 g/mol. The highest BCUT2D eigenvalue weighted by molar-refractivity contribution is 7.92. The van der Waals surface area contributed by atoms with Crippen LogP contribution in [0.5, 0.6) is 5.75 Å². The Labute approximate surface area is 242 Å². The van der Waals surface area contributed by atoms with Crippen LogP contribution in [-0.4, -0.2) is 50.9 Å². The molecule has 0 bridgehead atoms. The van der Waals surface area contributed by atoms with Crippen LogP contribution in [0.4, 0.5) is 10.1 Å². The van der Waals surface area contributed by atoms with Crippen molar-refractivity contribution in [3.05, 3.63) is 89.7 Å². The predicted molar refractivity (Wildman–Crippen MR) is 158 cm³/mol. The number of anilines is 1. The molecule has 41 heavy (non-hydrogen) atoms. The first-order valence-electron chi connectivity index (χ1n) is 13.7. The third kappa shape index (κ3) is 8.07. The number of rotatable bonds is 14. The Kier molecular flexibility index (Phi) is 11.3. The van der Waals surface area contributed by atoms with Crippen molar-refractivity contribution in [2.24, 2.45) is 0 Å². The Bertz CT molecular complexity index is 1410. The summed E-state index contributed by atoms with van der Waals surface area (Å²) in [6.45, 7) is 7.87.